The van der Waals surface area contributed by atoms with Crippen LogP contribution in [0, 0.1) is 5.92 Å². The fourth-order valence-corrected chi connectivity index (χ4v) is 6.25. The highest BCUT2D eigenvalue weighted by atomic mass is 32.1. The summed E-state index contributed by atoms with van der Waals surface area (Å²) >= 11 is 1.78. The molecule has 3 aromatic rings. The molecule has 3 aliphatic heterocycles. The van der Waals surface area contributed by atoms with Crippen LogP contribution < -0.4 is 10.5 Å². The van der Waals surface area contributed by atoms with Gasteiger partial charge in [0.25, 0.3) is 5.56 Å². The Morgan fingerprint density at radius 2 is 1.93 bits per heavy atom. The lowest BCUT2D eigenvalue weighted by Gasteiger charge is -2.43. The van der Waals surface area contributed by atoms with Crippen LogP contribution in [-0.2, 0) is 17.8 Å². The maximum Gasteiger partial charge on any atom is 0.255 e. The normalized spacial score (nSPS) is 24.2. The van der Waals surface area contributed by atoms with Crippen molar-refractivity contribution in [3.05, 3.63) is 58.0 Å². The zero-order valence-corrected chi connectivity index (χ0v) is 17.8. The quantitative estimate of drug-likeness (QED) is 0.650. The number of piperidine rings is 1. The highest BCUT2D eigenvalue weighted by Crippen LogP contribution is 2.39. The molecule has 0 aliphatic carbocycles. The van der Waals surface area contributed by atoms with E-state index in [1.54, 1.807) is 11.3 Å². The number of benzene rings is 1. The fraction of sp³-hybridized carbons (Fsp3) is 0.478. The van der Waals surface area contributed by atoms with Crippen molar-refractivity contribution in [3.8, 4) is 0 Å². The predicted molar refractivity (Wildman–Crippen MR) is 119 cm³/mol. The minimum Gasteiger partial charge on any atom is -0.379 e. The van der Waals surface area contributed by atoms with E-state index in [0.29, 0.717) is 11.8 Å². The standard InChI is InChI=1S/C23H26N4O2S/c28-22-17(14-25-7-9-29-10-8-25)5-6-20-18-11-16(13-27(20)22)12-26(15-18)23-24-19-3-1-2-4-21(19)30-23/h1-6,16,18H,7-15H2/t16-,18+/m0/s1. The largest absolute Gasteiger partial charge is 0.379 e. The number of para-hydroxylation sites is 1. The lowest BCUT2D eigenvalue weighted by atomic mass is 9.83. The van der Waals surface area contributed by atoms with Gasteiger partial charge in [-0.2, -0.15) is 0 Å². The molecule has 0 radical (unpaired) electrons. The lowest BCUT2D eigenvalue weighted by molar-refractivity contribution is 0.0339. The van der Waals surface area contributed by atoms with E-state index >= 15 is 0 Å². The molecule has 6 rings (SSSR count). The first kappa shape index (κ1) is 18.5. The second-order valence-corrected chi connectivity index (χ2v) is 9.76. The van der Waals surface area contributed by atoms with E-state index in [1.807, 2.05) is 6.07 Å². The number of ether oxygens (including phenoxy) is 1. The van der Waals surface area contributed by atoms with E-state index in [9.17, 15) is 4.79 Å². The number of hydrogen-bond acceptors (Lipinski definition) is 6. The van der Waals surface area contributed by atoms with Crippen LogP contribution >= 0.6 is 11.3 Å². The van der Waals surface area contributed by atoms with Crippen molar-refractivity contribution in [3.63, 3.8) is 0 Å². The van der Waals surface area contributed by atoms with Crippen molar-refractivity contribution in [2.24, 2.45) is 5.92 Å². The predicted octanol–water partition coefficient (Wildman–Crippen LogP) is 2.91. The van der Waals surface area contributed by atoms with Gasteiger partial charge in [0, 0.05) is 56.4 Å². The van der Waals surface area contributed by atoms with E-state index in [1.165, 1.54) is 16.8 Å². The maximum absolute atomic E-state index is 13.3. The molecule has 0 saturated carbocycles. The number of aromatic nitrogens is 2. The summed E-state index contributed by atoms with van der Waals surface area (Å²) in [7, 11) is 0. The number of hydrogen-bond donors (Lipinski definition) is 0. The second-order valence-electron chi connectivity index (χ2n) is 8.76. The Labute approximate surface area is 179 Å². The third kappa shape index (κ3) is 3.25. The van der Waals surface area contributed by atoms with Gasteiger partial charge < -0.3 is 14.2 Å². The zero-order valence-electron chi connectivity index (χ0n) is 17.0. The zero-order chi connectivity index (χ0) is 20.1. The first-order valence-electron chi connectivity index (χ1n) is 10.9. The number of rotatable bonds is 3. The summed E-state index contributed by atoms with van der Waals surface area (Å²) in [6.45, 7) is 6.82. The molecule has 7 heteroatoms. The Balaban J connectivity index is 1.27. The van der Waals surface area contributed by atoms with Crippen LogP contribution in [-0.4, -0.2) is 53.8 Å². The monoisotopic (exact) mass is 422 g/mol. The van der Waals surface area contributed by atoms with Gasteiger partial charge in [0.1, 0.15) is 0 Å². The van der Waals surface area contributed by atoms with Gasteiger partial charge >= 0.3 is 0 Å². The van der Waals surface area contributed by atoms with Crippen molar-refractivity contribution < 1.29 is 4.74 Å². The van der Waals surface area contributed by atoms with Gasteiger partial charge in [0.2, 0.25) is 0 Å². The molecule has 2 bridgehead atoms. The van der Waals surface area contributed by atoms with Gasteiger partial charge in [-0.3, -0.25) is 9.69 Å². The molecule has 0 amide bonds. The van der Waals surface area contributed by atoms with Gasteiger partial charge in [0.05, 0.1) is 23.4 Å². The highest BCUT2D eigenvalue weighted by Gasteiger charge is 2.36. The molecule has 0 spiro atoms. The minimum atomic E-state index is 0.210. The van der Waals surface area contributed by atoms with Gasteiger partial charge in [-0.1, -0.05) is 29.5 Å². The summed E-state index contributed by atoms with van der Waals surface area (Å²) in [5.74, 6) is 0.897. The van der Waals surface area contributed by atoms with Crippen molar-refractivity contribution in [1.82, 2.24) is 14.5 Å². The van der Waals surface area contributed by atoms with Gasteiger partial charge in [-0.25, -0.2) is 4.98 Å². The molecule has 2 fully saturated rings. The molecule has 0 unspecified atom stereocenters. The number of fused-ring (bicyclic) bond motifs is 5. The minimum absolute atomic E-state index is 0.210. The average molecular weight is 423 g/mol. The van der Waals surface area contributed by atoms with Crippen LogP contribution in [0.5, 0.6) is 0 Å². The molecule has 2 aromatic heterocycles. The summed E-state index contributed by atoms with van der Waals surface area (Å²) in [5, 5.41) is 1.12. The summed E-state index contributed by atoms with van der Waals surface area (Å²) < 4.78 is 8.76. The summed E-state index contributed by atoms with van der Waals surface area (Å²) in [5.41, 5.74) is 3.41. The Hall–Kier alpha value is -2.22. The summed E-state index contributed by atoms with van der Waals surface area (Å²) in [6, 6.07) is 12.6. The van der Waals surface area contributed by atoms with E-state index in [0.717, 1.165) is 68.7 Å². The summed E-state index contributed by atoms with van der Waals surface area (Å²) in [4.78, 5) is 22.9. The smallest absolute Gasteiger partial charge is 0.255 e. The number of anilines is 1. The Morgan fingerprint density at radius 3 is 2.80 bits per heavy atom. The molecular formula is C23H26N4O2S. The Kier molecular flexibility index (Phi) is 4.62. The lowest BCUT2D eigenvalue weighted by Crippen LogP contribution is -2.48. The van der Waals surface area contributed by atoms with E-state index < -0.39 is 0 Å². The topological polar surface area (TPSA) is 50.6 Å². The van der Waals surface area contributed by atoms with Gasteiger partial charge in [-0.05, 0) is 30.5 Å². The van der Waals surface area contributed by atoms with Crippen LogP contribution in [0.1, 0.15) is 23.6 Å². The molecule has 0 N–H and O–H groups in total. The third-order valence-corrected chi connectivity index (χ3v) is 7.83. The molecule has 6 nitrogen and oxygen atoms in total. The Morgan fingerprint density at radius 1 is 1.07 bits per heavy atom. The number of thiazole rings is 1. The van der Waals surface area contributed by atoms with E-state index in [4.69, 9.17) is 9.72 Å². The van der Waals surface area contributed by atoms with Crippen LogP contribution in [0.25, 0.3) is 10.2 Å². The SMILES string of the molecule is O=c1c(CN2CCOCC2)ccc2n1C[C@H]1C[C@@H]2CN(c2nc3ccccc3s2)C1. The van der Waals surface area contributed by atoms with Crippen LogP contribution in [0.3, 0.4) is 0 Å². The molecule has 1 aromatic carbocycles. The average Bonchev–Trinajstić information content (AvgIpc) is 3.21. The van der Waals surface area contributed by atoms with Crippen molar-refractivity contribution in [1.29, 1.82) is 0 Å². The number of nitrogens with zero attached hydrogens (tertiary/aromatic N) is 4. The molecule has 2 saturated heterocycles. The first-order chi connectivity index (χ1) is 14.7. The van der Waals surface area contributed by atoms with Gasteiger partial charge in [-0.15, -0.1) is 0 Å². The highest BCUT2D eigenvalue weighted by molar-refractivity contribution is 7.22. The number of morpholine rings is 1. The summed E-state index contributed by atoms with van der Waals surface area (Å²) in [6.07, 6.45) is 1.17. The van der Waals surface area contributed by atoms with E-state index in [-0.39, 0.29) is 5.56 Å². The second kappa shape index (κ2) is 7.48. The van der Waals surface area contributed by atoms with Crippen LogP contribution in [0.15, 0.2) is 41.2 Å². The molecule has 3 aliphatic rings. The Bertz CT molecular complexity index is 1100. The molecule has 2 atom stereocenters. The fourth-order valence-electron chi connectivity index (χ4n) is 5.26. The van der Waals surface area contributed by atoms with Gasteiger partial charge in [0.15, 0.2) is 5.13 Å². The van der Waals surface area contributed by atoms with Crippen molar-refractivity contribution in [2.75, 3.05) is 44.3 Å². The molecule has 30 heavy (non-hydrogen) atoms. The van der Waals surface area contributed by atoms with E-state index in [2.05, 4.69) is 44.7 Å². The van der Waals surface area contributed by atoms with Crippen molar-refractivity contribution in [2.45, 2.75) is 25.4 Å². The molecular weight excluding hydrogens is 396 g/mol. The molecule has 5 heterocycles. The van der Waals surface area contributed by atoms with Crippen LogP contribution in [0.2, 0.25) is 0 Å². The third-order valence-electron chi connectivity index (χ3n) is 6.73. The van der Waals surface area contributed by atoms with Crippen molar-refractivity contribution >= 4 is 26.7 Å². The van der Waals surface area contributed by atoms with Crippen LogP contribution in [0.4, 0.5) is 5.13 Å². The number of pyridine rings is 1. The maximum atomic E-state index is 13.3. The molecule has 156 valence electrons. The first-order valence-corrected chi connectivity index (χ1v) is 11.7.